The Labute approximate surface area is 142 Å². The van der Waals surface area contributed by atoms with Crippen molar-refractivity contribution in [3.63, 3.8) is 0 Å². The number of rotatable bonds is 3. The molecule has 4 rings (SSSR count). The van der Waals surface area contributed by atoms with Gasteiger partial charge in [-0.25, -0.2) is 9.97 Å². The van der Waals surface area contributed by atoms with E-state index in [9.17, 15) is 0 Å². The van der Waals surface area contributed by atoms with Gasteiger partial charge in [0.25, 0.3) is 0 Å². The zero-order chi connectivity index (χ0) is 16.7. The fraction of sp³-hybridized carbons (Fsp3) is 0.556. The third-order valence-electron chi connectivity index (χ3n) is 5.08. The zero-order valence-electron chi connectivity index (χ0n) is 14.7. The Bertz CT molecular complexity index is 733. The number of hydrogen-bond acceptors (Lipinski definition) is 6. The van der Waals surface area contributed by atoms with Crippen molar-refractivity contribution < 1.29 is 0 Å². The van der Waals surface area contributed by atoms with Gasteiger partial charge in [-0.15, -0.1) is 5.10 Å². The Kier molecular flexibility index (Phi) is 3.82. The van der Waals surface area contributed by atoms with Crippen LogP contribution in [0.1, 0.15) is 35.5 Å². The highest BCUT2D eigenvalue weighted by atomic mass is 15.4. The minimum Gasteiger partial charge on any atom is -0.351 e. The molecule has 0 atom stereocenters. The van der Waals surface area contributed by atoms with E-state index in [-0.39, 0.29) is 0 Å². The quantitative estimate of drug-likeness (QED) is 0.862. The number of aromatic nitrogens is 4. The number of nitrogens with zero attached hydrogens (tertiary/aromatic N) is 6. The highest BCUT2D eigenvalue weighted by Gasteiger charge is 2.33. The lowest BCUT2D eigenvalue weighted by molar-refractivity contribution is 0.483. The first kappa shape index (κ1) is 15.3. The number of hydrogen-bond donors (Lipinski definition) is 0. The van der Waals surface area contributed by atoms with Gasteiger partial charge in [-0.1, -0.05) is 0 Å². The molecule has 2 aromatic rings. The Morgan fingerprint density at radius 3 is 2.46 bits per heavy atom. The maximum absolute atomic E-state index is 4.56. The van der Waals surface area contributed by atoms with E-state index in [1.165, 1.54) is 24.1 Å². The fourth-order valence-corrected chi connectivity index (χ4v) is 3.55. The van der Waals surface area contributed by atoms with E-state index in [0.29, 0.717) is 6.04 Å². The first-order chi connectivity index (χ1) is 11.6. The highest BCUT2D eigenvalue weighted by Crippen LogP contribution is 2.27. The van der Waals surface area contributed by atoms with Crippen molar-refractivity contribution in [3.8, 4) is 0 Å². The summed E-state index contributed by atoms with van der Waals surface area (Å²) in [5, 5.41) is 8.88. The van der Waals surface area contributed by atoms with Crippen molar-refractivity contribution in [1.29, 1.82) is 0 Å². The Morgan fingerprint density at radius 1 is 1.00 bits per heavy atom. The van der Waals surface area contributed by atoms with Crippen LogP contribution < -0.4 is 9.80 Å². The molecule has 1 aliphatic carbocycles. The lowest BCUT2D eigenvalue weighted by Crippen LogP contribution is -2.59. The Balaban J connectivity index is 1.44. The summed E-state index contributed by atoms with van der Waals surface area (Å²) in [6, 6.07) is 4.67. The van der Waals surface area contributed by atoms with E-state index in [0.717, 1.165) is 49.1 Å². The second kappa shape index (κ2) is 6.00. The monoisotopic (exact) mass is 324 g/mol. The van der Waals surface area contributed by atoms with Crippen molar-refractivity contribution in [1.82, 2.24) is 20.2 Å². The minimum absolute atomic E-state index is 0.420. The summed E-state index contributed by atoms with van der Waals surface area (Å²) in [4.78, 5) is 13.6. The average molecular weight is 324 g/mol. The van der Waals surface area contributed by atoms with Crippen molar-refractivity contribution in [2.45, 2.75) is 45.6 Å². The van der Waals surface area contributed by atoms with Gasteiger partial charge in [0.15, 0.2) is 5.82 Å². The van der Waals surface area contributed by atoms with Crippen molar-refractivity contribution in [2.24, 2.45) is 0 Å². The summed E-state index contributed by atoms with van der Waals surface area (Å²) in [5.74, 6) is 1.83. The van der Waals surface area contributed by atoms with E-state index < -0.39 is 0 Å². The van der Waals surface area contributed by atoms with Gasteiger partial charge in [0.2, 0.25) is 5.95 Å². The third-order valence-corrected chi connectivity index (χ3v) is 5.08. The molecule has 6 heteroatoms. The van der Waals surface area contributed by atoms with Crippen LogP contribution in [0, 0.1) is 13.8 Å². The number of likely N-dealkylation sites (N-methyl/N-ethyl adjacent to an activating group) is 1. The van der Waals surface area contributed by atoms with Crippen LogP contribution in [0.4, 0.5) is 11.8 Å². The molecule has 2 aliphatic rings. The van der Waals surface area contributed by atoms with Gasteiger partial charge < -0.3 is 9.80 Å². The van der Waals surface area contributed by atoms with Crippen LogP contribution in [0.25, 0.3) is 0 Å². The molecular weight excluding hydrogens is 300 g/mol. The number of anilines is 2. The van der Waals surface area contributed by atoms with Gasteiger partial charge in [-0.3, -0.25) is 0 Å². The predicted octanol–water partition coefficient (Wildman–Crippen LogP) is 2.09. The largest absolute Gasteiger partial charge is 0.351 e. The molecule has 0 amide bonds. The van der Waals surface area contributed by atoms with Crippen LogP contribution in [0.2, 0.25) is 0 Å². The van der Waals surface area contributed by atoms with E-state index in [1.54, 1.807) is 0 Å². The van der Waals surface area contributed by atoms with Crippen LogP contribution in [-0.4, -0.2) is 46.3 Å². The molecule has 3 heterocycles. The molecule has 0 unspecified atom stereocenters. The maximum atomic E-state index is 4.56. The topological polar surface area (TPSA) is 58.0 Å². The number of aryl methyl sites for hydroxylation is 4. The van der Waals surface area contributed by atoms with Crippen LogP contribution >= 0.6 is 0 Å². The lowest BCUT2D eigenvalue weighted by atomic mass is 9.96. The minimum atomic E-state index is 0.420. The first-order valence-corrected chi connectivity index (χ1v) is 8.76. The summed E-state index contributed by atoms with van der Waals surface area (Å²) in [6.07, 6.45) is 4.74. The molecule has 1 aliphatic heterocycles. The molecule has 2 aromatic heterocycles. The van der Waals surface area contributed by atoms with Crippen LogP contribution in [0.15, 0.2) is 12.1 Å². The summed E-state index contributed by atoms with van der Waals surface area (Å²) in [7, 11) is 2.08. The summed E-state index contributed by atoms with van der Waals surface area (Å²) in [5.41, 5.74) is 4.62. The van der Waals surface area contributed by atoms with Crippen molar-refractivity contribution >= 4 is 11.8 Å². The smallest absolute Gasteiger partial charge is 0.225 e. The van der Waals surface area contributed by atoms with Gasteiger partial charge >= 0.3 is 0 Å². The second-order valence-electron chi connectivity index (χ2n) is 7.00. The third kappa shape index (κ3) is 2.81. The number of fused-ring (bicyclic) bond motifs is 1. The molecule has 126 valence electrons. The van der Waals surface area contributed by atoms with Gasteiger partial charge in [0, 0.05) is 31.5 Å². The zero-order valence-corrected chi connectivity index (χ0v) is 14.7. The van der Waals surface area contributed by atoms with E-state index in [1.807, 2.05) is 19.9 Å². The van der Waals surface area contributed by atoms with Crippen LogP contribution in [-0.2, 0) is 12.8 Å². The lowest BCUT2D eigenvalue weighted by Gasteiger charge is -2.44. The van der Waals surface area contributed by atoms with E-state index >= 15 is 0 Å². The molecule has 0 bridgehead atoms. The summed E-state index contributed by atoms with van der Waals surface area (Å²) >= 11 is 0. The van der Waals surface area contributed by atoms with E-state index in [2.05, 4.69) is 43.1 Å². The molecule has 0 spiro atoms. The Morgan fingerprint density at radius 2 is 1.71 bits per heavy atom. The molecular formula is C18H24N6. The second-order valence-corrected chi connectivity index (χ2v) is 7.00. The van der Waals surface area contributed by atoms with Gasteiger partial charge in [0.05, 0.1) is 11.7 Å². The van der Waals surface area contributed by atoms with Crippen molar-refractivity contribution in [2.75, 3.05) is 29.9 Å². The van der Waals surface area contributed by atoms with Gasteiger partial charge in [0.1, 0.15) is 0 Å². The molecule has 0 N–H and O–H groups in total. The Hall–Kier alpha value is -2.24. The molecule has 1 fully saturated rings. The van der Waals surface area contributed by atoms with Gasteiger partial charge in [-0.05, 0) is 57.2 Å². The molecule has 1 saturated heterocycles. The molecule has 24 heavy (non-hydrogen) atoms. The molecule has 6 nitrogen and oxygen atoms in total. The van der Waals surface area contributed by atoms with E-state index in [4.69, 9.17) is 0 Å². The average Bonchev–Trinajstić information content (AvgIpc) is 2.52. The predicted molar refractivity (Wildman–Crippen MR) is 94.6 cm³/mol. The van der Waals surface area contributed by atoms with Crippen LogP contribution in [0.5, 0.6) is 0 Å². The summed E-state index contributed by atoms with van der Waals surface area (Å²) in [6.45, 7) is 5.92. The van der Waals surface area contributed by atoms with Crippen molar-refractivity contribution in [3.05, 3.63) is 34.8 Å². The standard InChI is InChI=1S/C18H24N6/c1-12-8-13(2)20-18(19-12)23(3)15-10-24(11-15)17-9-14-6-4-5-7-16(14)21-22-17/h8-9,15H,4-7,10-11H2,1-3H3. The highest BCUT2D eigenvalue weighted by molar-refractivity contribution is 5.48. The molecule has 0 saturated carbocycles. The molecule has 0 radical (unpaired) electrons. The molecule has 0 aromatic carbocycles. The SMILES string of the molecule is Cc1cc(C)nc(N(C)C2CN(c3cc4c(nn3)CCCC4)C2)n1. The first-order valence-electron chi connectivity index (χ1n) is 8.76. The summed E-state index contributed by atoms with van der Waals surface area (Å²) < 4.78 is 0. The fourth-order valence-electron chi connectivity index (χ4n) is 3.55. The van der Waals surface area contributed by atoms with Crippen LogP contribution in [0.3, 0.4) is 0 Å². The normalized spacial score (nSPS) is 17.4. The maximum Gasteiger partial charge on any atom is 0.225 e. The van der Waals surface area contributed by atoms with Gasteiger partial charge in [-0.2, -0.15) is 5.10 Å².